The number of hydrogen-bond donors (Lipinski definition) is 2. The van der Waals surface area contributed by atoms with Crippen molar-refractivity contribution < 1.29 is 10.2 Å². The Kier molecular flexibility index (Phi) is 4.50. The van der Waals surface area contributed by atoms with Gasteiger partial charge in [-0.05, 0) is 24.8 Å². The van der Waals surface area contributed by atoms with Crippen LogP contribution in [0.25, 0.3) is 0 Å². The van der Waals surface area contributed by atoms with Gasteiger partial charge < -0.3 is 10.2 Å². The van der Waals surface area contributed by atoms with Crippen molar-refractivity contribution in [3.63, 3.8) is 0 Å². The second-order valence-electron chi connectivity index (χ2n) is 4.71. The Morgan fingerprint density at radius 3 is 2.38 bits per heavy atom. The molecule has 0 unspecified atom stereocenters. The zero-order chi connectivity index (χ0) is 12.2. The molecule has 4 heteroatoms. The van der Waals surface area contributed by atoms with Gasteiger partial charge in [0.25, 0.3) is 0 Å². The van der Waals surface area contributed by atoms with E-state index in [1.807, 2.05) is 37.8 Å². The number of rotatable bonds is 6. The molecular weight excluding hydrogens is 204 g/mol. The van der Waals surface area contributed by atoms with Crippen LogP contribution in [-0.4, -0.2) is 33.2 Å². The molecule has 1 aromatic rings. The predicted octanol–water partition coefficient (Wildman–Crippen LogP) is 1.07. The fourth-order valence-electron chi connectivity index (χ4n) is 1.81. The summed E-state index contributed by atoms with van der Waals surface area (Å²) in [6.45, 7) is 6.92. The Bertz CT molecular complexity index is 317. The Balaban J connectivity index is 2.82. The van der Waals surface area contributed by atoms with E-state index in [0.717, 1.165) is 12.1 Å². The summed E-state index contributed by atoms with van der Waals surface area (Å²) in [5, 5.41) is 23.2. The summed E-state index contributed by atoms with van der Waals surface area (Å²) in [5.74, 6) is 0.229. The number of nitrogens with zero attached hydrogens (tertiary/aromatic N) is 2. The Morgan fingerprint density at radius 1 is 1.38 bits per heavy atom. The van der Waals surface area contributed by atoms with Gasteiger partial charge >= 0.3 is 0 Å². The maximum Gasteiger partial charge on any atom is 0.0521 e. The van der Waals surface area contributed by atoms with E-state index in [-0.39, 0.29) is 19.1 Å². The van der Waals surface area contributed by atoms with Crippen LogP contribution in [0.1, 0.15) is 26.3 Å². The summed E-state index contributed by atoms with van der Waals surface area (Å²) in [4.78, 5) is 0. The van der Waals surface area contributed by atoms with Crippen molar-refractivity contribution in [3.05, 3.63) is 18.0 Å². The van der Waals surface area contributed by atoms with Gasteiger partial charge in [-0.2, -0.15) is 5.10 Å². The molecule has 0 aromatic carbocycles. The van der Waals surface area contributed by atoms with Crippen LogP contribution in [0.3, 0.4) is 0 Å². The molecule has 0 aliphatic carbocycles. The highest BCUT2D eigenvalue weighted by Gasteiger charge is 2.33. The van der Waals surface area contributed by atoms with Crippen LogP contribution >= 0.6 is 0 Å². The van der Waals surface area contributed by atoms with Gasteiger partial charge in [-0.1, -0.05) is 13.8 Å². The highest BCUT2D eigenvalue weighted by atomic mass is 16.3. The van der Waals surface area contributed by atoms with E-state index < -0.39 is 5.41 Å². The maximum absolute atomic E-state index is 9.49. The molecule has 2 N–H and O–H groups in total. The third kappa shape index (κ3) is 2.62. The molecule has 0 radical (unpaired) electrons. The molecule has 1 rings (SSSR count). The van der Waals surface area contributed by atoms with E-state index >= 15 is 0 Å². The first-order valence-corrected chi connectivity index (χ1v) is 5.81. The van der Waals surface area contributed by atoms with Crippen molar-refractivity contribution >= 4 is 0 Å². The minimum absolute atomic E-state index is 0.00152. The van der Waals surface area contributed by atoms with Crippen LogP contribution in [-0.2, 0) is 13.0 Å². The van der Waals surface area contributed by atoms with Gasteiger partial charge in [-0.15, -0.1) is 0 Å². The summed E-state index contributed by atoms with van der Waals surface area (Å²) in [6, 6.07) is 0. The lowest BCUT2D eigenvalue weighted by atomic mass is 9.74. The summed E-state index contributed by atoms with van der Waals surface area (Å²) < 4.78 is 1.86. The molecule has 1 aromatic heterocycles. The summed E-state index contributed by atoms with van der Waals surface area (Å²) in [5.41, 5.74) is 0.625. The quantitative estimate of drug-likeness (QED) is 0.763. The largest absolute Gasteiger partial charge is 0.396 e. The molecule has 0 fully saturated rings. The monoisotopic (exact) mass is 226 g/mol. The summed E-state index contributed by atoms with van der Waals surface area (Å²) in [7, 11) is 0. The minimum atomic E-state index is -0.443. The third-order valence-corrected chi connectivity index (χ3v) is 3.42. The molecule has 0 aliphatic heterocycles. The van der Waals surface area contributed by atoms with E-state index in [0.29, 0.717) is 6.42 Å². The Morgan fingerprint density at radius 2 is 2.00 bits per heavy atom. The van der Waals surface area contributed by atoms with Crippen LogP contribution in [0, 0.1) is 11.3 Å². The first kappa shape index (κ1) is 13.2. The van der Waals surface area contributed by atoms with Crippen LogP contribution in [0.2, 0.25) is 0 Å². The van der Waals surface area contributed by atoms with E-state index in [2.05, 4.69) is 5.10 Å². The normalized spacial score (nSPS) is 12.4. The van der Waals surface area contributed by atoms with Crippen molar-refractivity contribution in [2.45, 2.75) is 33.7 Å². The van der Waals surface area contributed by atoms with Gasteiger partial charge in [-0.3, -0.25) is 4.68 Å². The molecule has 0 spiro atoms. The maximum atomic E-state index is 9.49. The lowest BCUT2D eigenvalue weighted by Gasteiger charge is -2.33. The molecule has 92 valence electrons. The van der Waals surface area contributed by atoms with Crippen LogP contribution in [0.5, 0.6) is 0 Å². The minimum Gasteiger partial charge on any atom is -0.396 e. The van der Waals surface area contributed by atoms with Gasteiger partial charge in [0.2, 0.25) is 0 Å². The second-order valence-corrected chi connectivity index (χ2v) is 4.71. The van der Waals surface area contributed by atoms with Crippen LogP contribution in [0.4, 0.5) is 0 Å². The van der Waals surface area contributed by atoms with Crippen molar-refractivity contribution in [1.29, 1.82) is 0 Å². The van der Waals surface area contributed by atoms with Crippen LogP contribution in [0.15, 0.2) is 12.4 Å². The zero-order valence-corrected chi connectivity index (χ0v) is 10.3. The van der Waals surface area contributed by atoms with Crippen molar-refractivity contribution in [2.24, 2.45) is 11.3 Å². The highest BCUT2D eigenvalue weighted by Crippen LogP contribution is 2.30. The topological polar surface area (TPSA) is 58.3 Å². The van der Waals surface area contributed by atoms with Crippen molar-refractivity contribution in [1.82, 2.24) is 9.78 Å². The molecule has 1 heterocycles. The first-order chi connectivity index (χ1) is 7.57. The van der Waals surface area contributed by atoms with E-state index in [4.69, 9.17) is 0 Å². The molecule has 16 heavy (non-hydrogen) atoms. The fraction of sp³-hybridized carbons (Fsp3) is 0.750. The fourth-order valence-corrected chi connectivity index (χ4v) is 1.81. The third-order valence-electron chi connectivity index (χ3n) is 3.42. The lowest BCUT2D eigenvalue weighted by Crippen LogP contribution is -2.37. The molecule has 0 saturated carbocycles. The standard InChI is InChI=1S/C12H22N2O2/c1-4-14-7-11(6-13-14)5-12(8-15,9-16)10(2)3/h6-7,10,15-16H,4-5,8-9H2,1-3H3. The molecular formula is C12H22N2O2. The van der Waals surface area contributed by atoms with E-state index in [1.165, 1.54) is 0 Å². The van der Waals surface area contributed by atoms with Crippen molar-refractivity contribution in [3.8, 4) is 0 Å². The number of hydrogen-bond acceptors (Lipinski definition) is 3. The second kappa shape index (κ2) is 5.46. The van der Waals surface area contributed by atoms with Crippen molar-refractivity contribution in [2.75, 3.05) is 13.2 Å². The van der Waals surface area contributed by atoms with Gasteiger partial charge in [0, 0.05) is 18.2 Å². The number of aromatic nitrogens is 2. The summed E-state index contributed by atoms with van der Waals surface area (Å²) >= 11 is 0. The number of aliphatic hydroxyl groups excluding tert-OH is 2. The summed E-state index contributed by atoms with van der Waals surface area (Å²) in [6.07, 6.45) is 4.45. The predicted molar refractivity (Wildman–Crippen MR) is 63.0 cm³/mol. The first-order valence-electron chi connectivity index (χ1n) is 5.81. The smallest absolute Gasteiger partial charge is 0.0521 e. The molecule has 0 aliphatic rings. The average molecular weight is 226 g/mol. The van der Waals surface area contributed by atoms with Crippen LogP contribution < -0.4 is 0 Å². The molecule has 0 amide bonds. The highest BCUT2D eigenvalue weighted by molar-refractivity contribution is 5.08. The molecule has 4 nitrogen and oxygen atoms in total. The number of aryl methyl sites for hydroxylation is 1. The van der Waals surface area contributed by atoms with Gasteiger partial charge in [0.15, 0.2) is 0 Å². The van der Waals surface area contributed by atoms with Gasteiger partial charge in [-0.25, -0.2) is 0 Å². The molecule has 0 bridgehead atoms. The molecule has 0 saturated heterocycles. The zero-order valence-electron chi connectivity index (χ0n) is 10.3. The van der Waals surface area contributed by atoms with Gasteiger partial charge in [0.1, 0.15) is 0 Å². The van der Waals surface area contributed by atoms with E-state index in [9.17, 15) is 10.2 Å². The Hall–Kier alpha value is -0.870. The van der Waals surface area contributed by atoms with Gasteiger partial charge in [0.05, 0.1) is 19.4 Å². The van der Waals surface area contributed by atoms with E-state index in [1.54, 1.807) is 0 Å². The molecule has 0 atom stereocenters. The SMILES string of the molecule is CCn1cc(CC(CO)(CO)C(C)C)cn1. The number of aliphatic hydroxyl groups is 2. The Labute approximate surface area is 96.9 Å². The average Bonchev–Trinajstić information content (AvgIpc) is 2.73. The lowest BCUT2D eigenvalue weighted by molar-refractivity contribution is 0.0163.